The van der Waals surface area contributed by atoms with Crippen LogP contribution in [0.2, 0.25) is 0 Å². The van der Waals surface area contributed by atoms with Crippen LogP contribution in [0.1, 0.15) is 19.3 Å². The van der Waals surface area contributed by atoms with Crippen molar-refractivity contribution in [3.8, 4) is 0 Å². The zero-order valence-corrected chi connectivity index (χ0v) is 13.6. The van der Waals surface area contributed by atoms with E-state index < -0.39 is 0 Å². The predicted octanol–water partition coefficient (Wildman–Crippen LogP) is 6.06. The Morgan fingerprint density at radius 3 is 2.35 bits per heavy atom. The Bertz CT molecular complexity index is 731. The van der Waals surface area contributed by atoms with E-state index in [1.807, 2.05) is 73.1 Å². The van der Waals surface area contributed by atoms with Gasteiger partial charge in [-0.05, 0) is 54.7 Å². The van der Waals surface area contributed by atoms with E-state index in [4.69, 9.17) is 11.6 Å². The molecule has 0 radical (unpaired) electrons. The molecule has 1 N–H and O–H groups in total. The van der Waals surface area contributed by atoms with Crippen molar-refractivity contribution in [2.45, 2.75) is 19.3 Å². The van der Waals surface area contributed by atoms with E-state index in [0.29, 0.717) is 0 Å². The SMILES string of the molecule is ClC1=C(C=Nc2ccccc2)CCC/C1=C\Nc1ccccc1. The standard InChI is InChI=1S/C20H19ClN2/c21-20-16(14-22-18-10-3-1-4-11-18)8-7-9-17(20)15-23-19-12-5-2-6-13-19/h1-6,10-15,22H,7-9H2/b16-14+,23-15?. The van der Waals surface area contributed by atoms with Gasteiger partial charge in [0.1, 0.15) is 0 Å². The van der Waals surface area contributed by atoms with Crippen LogP contribution in [0.25, 0.3) is 0 Å². The summed E-state index contributed by atoms with van der Waals surface area (Å²) in [5.74, 6) is 0. The van der Waals surface area contributed by atoms with Crippen molar-refractivity contribution in [3.63, 3.8) is 0 Å². The molecule has 0 spiro atoms. The van der Waals surface area contributed by atoms with Crippen LogP contribution in [0.3, 0.4) is 0 Å². The molecule has 3 rings (SSSR count). The van der Waals surface area contributed by atoms with Crippen LogP contribution < -0.4 is 5.32 Å². The third-order valence-corrected chi connectivity index (χ3v) is 4.25. The maximum absolute atomic E-state index is 6.56. The molecule has 116 valence electrons. The Hall–Kier alpha value is -2.32. The lowest BCUT2D eigenvalue weighted by molar-refractivity contribution is 0.800. The molecule has 0 aromatic heterocycles. The molecule has 0 aliphatic heterocycles. The van der Waals surface area contributed by atoms with Gasteiger partial charge in [-0.3, -0.25) is 4.99 Å². The number of nitrogens with zero attached hydrogens (tertiary/aromatic N) is 1. The molecule has 0 saturated heterocycles. The fraction of sp³-hybridized carbons (Fsp3) is 0.150. The number of anilines is 1. The molecule has 0 heterocycles. The molecule has 2 aromatic carbocycles. The van der Waals surface area contributed by atoms with Crippen LogP contribution in [0, 0.1) is 0 Å². The van der Waals surface area contributed by atoms with Crippen LogP contribution in [-0.2, 0) is 0 Å². The third-order valence-electron chi connectivity index (χ3n) is 3.77. The Balaban J connectivity index is 1.76. The Labute approximate surface area is 142 Å². The molecule has 2 aromatic rings. The Kier molecular flexibility index (Phi) is 5.28. The van der Waals surface area contributed by atoms with Crippen molar-refractivity contribution in [2.75, 3.05) is 5.32 Å². The number of nitrogens with one attached hydrogen (secondary N) is 1. The number of hydrogen-bond donors (Lipinski definition) is 1. The van der Waals surface area contributed by atoms with Gasteiger partial charge in [0.15, 0.2) is 0 Å². The molecule has 0 amide bonds. The smallest absolute Gasteiger partial charge is 0.0629 e. The number of allylic oxidation sites excluding steroid dienone is 3. The van der Waals surface area contributed by atoms with E-state index in [1.165, 1.54) is 0 Å². The summed E-state index contributed by atoms with van der Waals surface area (Å²) < 4.78 is 0. The summed E-state index contributed by atoms with van der Waals surface area (Å²) in [7, 11) is 0. The van der Waals surface area contributed by atoms with Crippen molar-refractivity contribution in [3.05, 3.63) is 83.0 Å². The van der Waals surface area contributed by atoms with E-state index in [1.54, 1.807) is 0 Å². The van der Waals surface area contributed by atoms with E-state index in [-0.39, 0.29) is 0 Å². The lowest BCUT2D eigenvalue weighted by atomic mass is 9.96. The van der Waals surface area contributed by atoms with Gasteiger partial charge in [-0.1, -0.05) is 48.0 Å². The number of para-hydroxylation sites is 2. The van der Waals surface area contributed by atoms with Gasteiger partial charge in [0, 0.05) is 23.1 Å². The summed E-state index contributed by atoms with van der Waals surface area (Å²) in [6.07, 6.45) is 6.95. The highest BCUT2D eigenvalue weighted by Crippen LogP contribution is 2.32. The van der Waals surface area contributed by atoms with Crippen molar-refractivity contribution >= 4 is 29.2 Å². The summed E-state index contributed by atoms with van der Waals surface area (Å²) in [5, 5.41) is 4.13. The number of rotatable bonds is 4. The topological polar surface area (TPSA) is 24.4 Å². The van der Waals surface area contributed by atoms with Gasteiger partial charge in [-0.2, -0.15) is 0 Å². The molecule has 1 aliphatic rings. The van der Waals surface area contributed by atoms with Gasteiger partial charge in [-0.25, -0.2) is 0 Å². The maximum atomic E-state index is 6.56. The van der Waals surface area contributed by atoms with Gasteiger partial charge in [-0.15, -0.1) is 0 Å². The maximum Gasteiger partial charge on any atom is 0.0629 e. The quantitative estimate of drug-likeness (QED) is 0.679. The van der Waals surface area contributed by atoms with Crippen LogP contribution in [0.4, 0.5) is 11.4 Å². The second-order valence-electron chi connectivity index (χ2n) is 5.47. The van der Waals surface area contributed by atoms with Crippen molar-refractivity contribution < 1.29 is 0 Å². The summed E-state index contributed by atoms with van der Waals surface area (Å²) in [6, 6.07) is 20.0. The van der Waals surface area contributed by atoms with Crippen LogP contribution in [-0.4, -0.2) is 6.21 Å². The number of benzene rings is 2. The number of hydrogen-bond acceptors (Lipinski definition) is 2. The molecule has 0 unspecified atom stereocenters. The lowest BCUT2D eigenvalue weighted by Crippen LogP contribution is -2.02. The molecule has 23 heavy (non-hydrogen) atoms. The summed E-state index contributed by atoms with van der Waals surface area (Å²) in [4.78, 5) is 4.52. The molecular formula is C20H19ClN2. The van der Waals surface area contributed by atoms with Crippen LogP contribution >= 0.6 is 11.6 Å². The fourth-order valence-corrected chi connectivity index (χ4v) is 2.82. The first-order chi connectivity index (χ1) is 11.3. The van der Waals surface area contributed by atoms with Gasteiger partial charge in [0.25, 0.3) is 0 Å². The first-order valence-electron chi connectivity index (χ1n) is 7.82. The zero-order chi connectivity index (χ0) is 15.9. The average molecular weight is 323 g/mol. The highest BCUT2D eigenvalue weighted by molar-refractivity contribution is 6.33. The normalized spacial score (nSPS) is 17.0. The third kappa shape index (κ3) is 4.33. The predicted molar refractivity (Wildman–Crippen MR) is 99.5 cm³/mol. The summed E-state index contributed by atoms with van der Waals surface area (Å²) in [5.41, 5.74) is 4.25. The van der Waals surface area contributed by atoms with E-state index in [0.717, 1.165) is 46.8 Å². The molecule has 0 atom stereocenters. The molecule has 1 aliphatic carbocycles. The highest BCUT2D eigenvalue weighted by Gasteiger charge is 2.14. The molecule has 2 nitrogen and oxygen atoms in total. The van der Waals surface area contributed by atoms with Crippen LogP contribution in [0.15, 0.2) is 88.0 Å². The first-order valence-corrected chi connectivity index (χ1v) is 8.19. The highest BCUT2D eigenvalue weighted by atomic mass is 35.5. The minimum atomic E-state index is 0.819. The second-order valence-corrected chi connectivity index (χ2v) is 5.84. The largest absolute Gasteiger partial charge is 0.361 e. The van der Waals surface area contributed by atoms with Crippen molar-refractivity contribution in [1.82, 2.24) is 0 Å². The van der Waals surface area contributed by atoms with Crippen molar-refractivity contribution in [1.29, 1.82) is 0 Å². The van der Waals surface area contributed by atoms with Gasteiger partial charge < -0.3 is 5.32 Å². The summed E-state index contributed by atoms with van der Waals surface area (Å²) >= 11 is 6.56. The minimum Gasteiger partial charge on any atom is -0.361 e. The summed E-state index contributed by atoms with van der Waals surface area (Å²) in [6.45, 7) is 0. The lowest BCUT2D eigenvalue weighted by Gasteiger charge is -2.17. The Morgan fingerprint density at radius 1 is 0.913 bits per heavy atom. The first kappa shape index (κ1) is 15.6. The Morgan fingerprint density at radius 2 is 1.61 bits per heavy atom. The van der Waals surface area contributed by atoms with Crippen LogP contribution in [0.5, 0.6) is 0 Å². The van der Waals surface area contributed by atoms with Gasteiger partial charge >= 0.3 is 0 Å². The van der Waals surface area contributed by atoms with E-state index in [9.17, 15) is 0 Å². The molecule has 0 bridgehead atoms. The van der Waals surface area contributed by atoms with Gasteiger partial charge in [0.05, 0.1) is 5.69 Å². The monoisotopic (exact) mass is 322 g/mol. The second kappa shape index (κ2) is 7.80. The minimum absolute atomic E-state index is 0.819. The number of aliphatic imine (C=N–C) groups is 1. The van der Waals surface area contributed by atoms with Gasteiger partial charge in [0.2, 0.25) is 0 Å². The van der Waals surface area contributed by atoms with Crippen molar-refractivity contribution in [2.24, 2.45) is 4.99 Å². The van der Waals surface area contributed by atoms with E-state index in [2.05, 4.69) is 10.3 Å². The molecule has 3 heteroatoms. The fourth-order valence-electron chi connectivity index (χ4n) is 2.52. The average Bonchev–Trinajstić information content (AvgIpc) is 2.61. The number of halogens is 1. The molecular weight excluding hydrogens is 304 g/mol. The molecule has 0 fully saturated rings. The van der Waals surface area contributed by atoms with E-state index >= 15 is 0 Å². The zero-order valence-electron chi connectivity index (χ0n) is 12.9. The molecule has 0 saturated carbocycles.